The maximum atomic E-state index is 8.35. The van der Waals surface area contributed by atoms with Gasteiger partial charge >= 0.3 is 0 Å². The molecule has 37 heavy (non-hydrogen) atoms. The van der Waals surface area contributed by atoms with E-state index in [1.165, 1.54) is 51.4 Å². The first-order valence-corrected chi connectivity index (χ1v) is 13.2. The third-order valence-corrected chi connectivity index (χ3v) is 4.69. The van der Waals surface area contributed by atoms with Crippen LogP contribution in [0.1, 0.15) is 57.8 Å². The summed E-state index contributed by atoms with van der Waals surface area (Å²) in [4.78, 5) is 0. The maximum Gasteiger partial charge on any atom is 0.152 e. The zero-order valence-corrected chi connectivity index (χ0v) is 23.0. The molecule has 0 aliphatic heterocycles. The van der Waals surface area contributed by atoms with Gasteiger partial charge in [-0.2, -0.15) is 12.6 Å². The van der Waals surface area contributed by atoms with E-state index in [0.717, 1.165) is 12.2 Å². The monoisotopic (exact) mass is 564 g/mol. The van der Waals surface area contributed by atoms with Crippen LogP contribution in [0.5, 0.6) is 0 Å². The molecule has 0 spiro atoms. The molecule has 0 rings (SSSR count). The van der Waals surface area contributed by atoms with Crippen LogP contribution in [0.2, 0.25) is 0 Å². The van der Waals surface area contributed by atoms with Gasteiger partial charge in [0, 0.05) is 6.61 Å². The molecule has 0 aromatic rings. The molecule has 0 aromatic carbocycles. The lowest BCUT2D eigenvalue weighted by atomic mass is 10.1. The van der Waals surface area contributed by atoms with E-state index in [1.54, 1.807) is 0 Å². The van der Waals surface area contributed by atoms with Gasteiger partial charge in [-0.3, -0.25) is 0 Å². The van der Waals surface area contributed by atoms with Crippen LogP contribution in [0.4, 0.5) is 0 Å². The molecule has 14 heteroatoms. The summed E-state index contributed by atoms with van der Waals surface area (Å²) in [6.07, 6.45) is 11.4. The molecule has 0 unspecified atom stereocenters. The van der Waals surface area contributed by atoms with Crippen molar-refractivity contribution >= 4 is 12.6 Å². The highest BCUT2D eigenvalue weighted by Gasteiger charge is 1.95. The second kappa shape index (κ2) is 35.8. The number of unbranched alkanes of at least 4 members (excludes halogenated alkanes) is 8. The summed E-state index contributed by atoms with van der Waals surface area (Å²) < 4.78 is 60.3. The summed E-state index contributed by atoms with van der Waals surface area (Å²) in [6, 6.07) is 0. The summed E-state index contributed by atoms with van der Waals surface area (Å²) >= 11 is 4.23. The Morgan fingerprint density at radius 1 is 0.324 bits per heavy atom. The molecule has 0 saturated carbocycles. The Balaban J connectivity index is 3.00. The fourth-order valence-electron chi connectivity index (χ4n) is 2.64. The van der Waals surface area contributed by atoms with Gasteiger partial charge in [0.15, 0.2) is 67.9 Å². The van der Waals surface area contributed by atoms with E-state index in [0.29, 0.717) is 6.61 Å². The van der Waals surface area contributed by atoms with E-state index in [-0.39, 0.29) is 74.7 Å². The molecule has 0 radical (unpaired) electrons. The van der Waals surface area contributed by atoms with Crippen LogP contribution < -0.4 is 0 Å². The van der Waals surface area contributed by atoms with E-state index in [2.05, 4.69) is 17.4 Å². The lowest BCUT2D eigenvalue weighted by Gasteiger charge is -2.09. The van der Waals surface area contributed by atoms with E-state index in [1.807, 2.05) is 0 Å². The third kappa shape index (κ3) is 35.8. The first-order valence-electron chi connectivity index (χ1n) is 12.6. The van der Waals surface area contributed by atoms with Crippen LogP contribution in [0, 0.1) is 0 Å². The summed E-state index contributed by atoms with van der Waals surface area (Å²) in [5, 5.41) is 8.35. The molecule has 0 aliphatic carbocycles. The Hall–Kier alpha value is -0.170. The number of ether oxygens (including phenoxy) is 12. The summed E-state index contributed by atoms with van der Waals surface area (Å²) in [7, 11) is 0. The average Bonchev–Trinajstić information content (AvgIpc) is 2.91. The standard InChI is InChI=1S/C23H48O13S/c24-12-26-14-28-16-30-18-32-20-34-22-36-23-35-21-33-19-31-17-29-15-27-13-25-10-8-6-4-2-1-3-5-7-9-11-37/h24,37H,1-23H2. The summed E-state index contributed by atoms with van der Waals surface area (Å²) in [5.74, 6) is 1.00. The molecule has 0 heterocycles. The molecule has 0 saturated heterocycles. The third-order valence-electron chi connectivity index (χ3n) is 4.37. The van der Waals surface area contributed by atoms with E-state index in [4.69, 9.17) is 57.2 Å². The number of aliphatic hydroxyl groups excluding tert-OH is 1. The second-order valence-corrected chi connectivity index (χ2v) is 7.93. The average molecular weight is 565 g/mol. The highest BCUT2D eigenvalue weighted by atomic mass is 32.1. The lowest BCUT2D eigenvalue weighted by molar-refractivity contribution is -0.235. The van der Waals surface area contributed by atoms with Crippen LogP contribution in [0.3, 0.4) is 0 Å². The van der Waals surface area contributed by atoms with Gasteiger partial charge in [-0.1, -0.05) is 44.9 Å². The lowest BCUT2D eigenvalue weighted by Crippen LogP contribution is -2.12. The fourth-order valence-corrected chi connectivity index (χ4v) is 2.86. The molecule has 1 N–H and O–H groups in total. The van der Waals surface area contributed by atoms with Gasteiger partial charge in [0.2, 0.25) is 0 Å². The van der Waals surface area contributed by atoms with Gasteiger partial charge in [0.1, 0.15) is 13.6 Å². The van der Waals surface area contributed by atoms with Crippen LogP contribution in [-0.2, 0) is 56.8 Å². The minimum absolute atomic E-state index is 0.00629. The van der Waals surface area contributed by atoms with E-state index in [9.17, 15) is 0 Å². The second-order valence-electron chi connectivity index (χ2n) is 7.48. The Labute approximate surface area is 226 Å². The van der Waals surface area contributed by atoms with Crippen molar-refractivity contribution in [1.82, 2.24) is 0 Å². The Bertz CT molecular complexity index is 366. The number of rotatable bonds is 34. The largest absolute Gasteiger partial charge is 0.371 e. The van der Waals surface area contributed by atoms with Gasteiger partial charge in [-0.05, 0) is 18.6 Å². The molecule has 0 aliphatic rings. The minimum atomic E-state index is -0.409. The van der Waals surface area contributed by atoms with E-state index >= 15 is 0 Å². The van der Waals surface area contributed by atoms with Gasteiger partial charge in [-0.15, -0.1) is 0 Å². The Kier molecular flexibility index (Phi) is 35.7. The highest BCUT2D eigenvalue weighted by Crippen LogP contribution is 2.10. The molecule has 0 amide bonds. The number of hydrogen-bond donors (Lipinski definition) is 2. The van der Waals surface area contributed by atoms with Crippen LogP contribution in [0.25, 0.3) is 0 Å². The van der Waals surface area contributed by atoms with Crippen molar-refractivity contribution in [1.29, 1.82) is 0 Å². The van der Waals surface area contributed by atoms with Crippen LogP contribution >= 0.6 is 12.6 Å². The summed E-state index contributed by atoms with van der Waals surface area (Å²) in [6.45, 7) is 0.436. The Morgan fingerprint density at radius 3 is 0.919 bits per heavy atom. The zero-order chi connectivity index (χ0) is 26.7. The van der Waals surface area contributed by atoms with Crippen LogP contribution in [-0.4, -0.2) is 99.0 Å². The minimum Gasteiger partial charge on any atom is -0.371 e. The predicted molar refractivity (Wildman–Crippen MR) is 134 cm³/mol. The zero-order valence-electron chi connectivity index (χ0n) is 22.1. The van der Waals surface area contributed by atoms with Crippen molar-refractivity contribution in [3.63, 3.8) is 0 Å². The Morgan fingerprint density at radius 2 is 0.595 bits per heavy atom. The summed E-state index contributed by atoms with van der Waals surface area (Å²) in [5.41, 5.74) is 0. The molecule has 0 atom stereocenters. The fraction of sp³-hybridized carbons (Fsp3) is 1.00. The van der Waals surface area contributed by atoms with Crippen molar-refractivity contribution < 1.29 is 61.9 Å². The van der Waals surface area contributed by atoms with Crippen molar-refractivity contribution in [2.45, 2.75) is 57.8 Å². The SMILES string of the molecule is OCOCOCOCOCOCOCOCOCOCOCOCOCCCCCCCCCCCS. The number of thiol groups is 1. The van der Waals surface area contributed by atoms with Gasteiger partial charge in [0.25, 0.3) is 0 Å². The molecule has 0 bridgehead atoms. The van der Waals surface area contributed by atoms with Gasteiger partial charge < -0.3 is 61.9 Å². The van der Waals surface area contributed by atoms with Crippen LogP contribution in [0.15, 0.2) is 0 Å². The molecular weight excluding hydrogens is 516 g/mol. The topological polar surface area (TPSA) is 131 Å². The molecule has 0 aromatic heterocycles. The number of hydrogen-bond acceptors (Lipinski definition) is 14. The number of aliphatic hydroxyl groups is 1. The first kappa shape index (κ1) is 36.8. The van der Waals surface area contributed by atoms with Crippen molar-refractivity contribution in [3.8, 4) is 0 Å². The molecule has 13 nitrogen and oxygen atoms in total. The molecular formula is C23H48O13S. The smallest absolute Gasteiger partial charge is 0.152 e. The normalized spacial score (nSPS) is 11.5. The van der Waals surface area contributed by atoms with Gasteiger partial charge in [-0.25, -0.2) is 0 Å². The molecule has 0 fully saturated rings. The highest BCUT2D eigenvalue weighted by molar-refractivity contribution is 7.80. The maximum absolute atomic E-state index is 8.35. The van der Waals surface area contributed by atoms with Crippen molar-refractivity contribution in [3.05, 3.63) is 0 Å². The molecule has 224 valence electrons. The quantitative estimate of drug-likeness (QED) is 0.0675. The van der Waals surface area contributed by atoms with Crippen molar-refractivity contribution in [2.75, 3.05) is 93.9 Å². The first-order chi connectivity index (χ1) is 18.4. The van der Waals surface area contributed by atoms with E-state index < -0.39 is 6.79 Å². The van der Waals surface area contributed by atoms with Gasteiger partial charge in [0.05, 0.1) is 0 Å². The van der Waals surface area contributed by atoms with Crippen molar-refractivity contribution in [2.24, 2.45) is 0 Å². The predicted octanol–water partition coefficient (Wildman–Crippen LogP) is 3.11.